The molecule has 4 nitrogen and oxygen atoms in total. The molecule has 0 saturated heterocycles. The van der Waals surface area contributed by atoms with Crippen molar-refractivity contribution in [2.75, 3.05) is 0 Å². The fraction of sp³-hybridized carbons (Fsp3) is 0.0769. The van der Waals surface area contributed by atoms with Crippen molar-refractivity contribution >= 4 is 17.2 Å². The number of H-pyrrole nitrogens is 1. The van der Waals surface area contributed by atoms with Gasteiger partial charge in [0.1, 0.15) is 5.82 Å². The van der Waals surface area contributed by atoms with Crippen molar-refractivity contribution in [3.8, 4) is 0 Å². The summed E-state index contributed by atoms with van der Waals surface area (Å²) in [5.41, 5.74) is 1.57. The molecule has 0 spiro atoms. The number of aromatic amines is 1. The van der Waals surface area contributed by atoms with E-state index in [9.17, 15) is 4.79 Å². The fourth-order valence-electron chi connectivity index (χ4n) is 1.85. The van der Waals surface area contributed by atoms with E-state index in [4.69, 9.17) is 11.6 Å². The maximum absolute atomic E-state index is 11.2. The first kappa shape index (κ1) is 11.0. The third-order valence-corrected chi connectivity index (χ3v) is 3.09. The van der Waals surface area contributed by atoms with Crippen molar-refractivity contribution in [3.05, 3.63) is 69.2 Å². The number of benzene rings is 1. The van der Waals surface area contributed by atoms with Crippen molar-refractivity contribution in [1.29, 1.82) is 0 Å². The lowest BCUT2D eigenvalue weighted by Crippen LogP contribution is -1.98. The van der Waals surface area contributed by atoms with Gasteiger partial charge in [-0.25, -0.2) is 9.50 Å². The van der Waals surface area contributed by atoms with Crippen molar-refractivity contribution in [2.24, 2.45) is 0 Å². The Kier molecular flexibility index (Phi) is 2.64. The molecule has 1 N–H and O–H groups in total. The molecule has 1 aromatic carbocycles. The lowest BCUT2D eigenvalue weighted by molar-refractivity contribution is 0.899. The second-order valence-electron chi connectivity index (χ2n) is 4.03. The van der Waals surface area contributed by atoms with Crippen LogP contribution in [0.3, 0.4) is 0 Å². The van der Waals surface area contributed by atoms with Crippen LogP contribution in [0.4, 0.5) is 0 Å². The summed E-state index contributed by atoms with van der Waals surface area (Å²) in [6, 6.07) is 10.6. The molecule has 0 fully saturated rings. The van der Waals surface area contributed by atoms with Crippen LogP contribution in [0.25, 0.3) is 5.65 Å². The van der Waals surface area contributed by atoms with Gasteiger partial charge in [-0.15, -0.1) is 0 Å². The van der Waals surface area contributed by atoms with Gasteiger partial charge in [-0.1, -0.05) is 29.8 Å². The molecule has 0 unspecified atom stereocenters. The van der Waals surface area contributed by atoms with Gasteiger partial charge in [-0.05, 0) is 11.6 Å². The fourth-order valence-corrected chi connectivity index (χ4v) is 2.06. The molecule has 2 aromatic heterocycles. The summed E-state index contributed by atoms with van der Waals surface area (Å²) in [4.78, 5) is 15.6. The number of nitrogens with one attached hydrogen (secondary N) is 1. The van der Waals surface area contributed by atoms with Gasteiger partial charge in [0, 0.05) is 29.8 Å². The molecule has 0 atom stereocenters. The van der Waals surface area contributed by atoms with E-state index in [-0.39, 0.29) is 5.43 Å². The molecule has 90 valence electrons. The van der Waals surface area contributed by atoms with Crippen LogP contribution in [-0.4, -0.2) is 14.6 Å². The molecule has 0 aliphatic rings. The van der Waals surface area contributed by atoms with E-state index in [2.05, 4.69) is 10.1 Å². The average molecular weight is 260 g/mol. The van der Waals surface area contributed by atoms with Crippen LogP contribution >= 0.6 is 11.6 Å². The lowest BCUT2D eigenvalue weighted by atomic mass is 10.1. The zero-order valence-corrected chi connectivity index (χ0v) is 10.2. The Labute approximate surface area is 108 Å². The van der Waals surface area contributed by atoms with E-state index in [1.54, 1.807) is 10.7 Å². The maximum atomic E-state index is 11.2. The maximum Gasteiger partial charge on any atom is 0.183 e. The normalized spacial score (nSPS) is 10.9. The van der Waals surface area contributed by atoms with Crippen molar-refractivity contribution in [3.63, 3.8) is 0 Å². The van der Waals surface area contributed by atoms with Gasteiger partial charge >= 0.3 is 0 Å². The van der Waals surface area contributed by atoms with E-state index >= 15 is 0 Å². The minimum absolute atomic E-state index is 0.0502. The van der Waals surface area contributed by atoms with Gasteiger partial charge in [0.25, 0.3) is 0 Å². The molecule has 5 heteroatoms. The minimum atomic E-state index is -0.0502. The number of halogens is 1. The van der Waals surface area contributed by atoms with Crippen molar-refractivity contribution in [1.82, 2.24) is 14.6 Å². The Morgan fingerprint density at radius 2 is 2.11 bits per heavy atom. The lowest BCUT2D eigenvalue weighted by Gasteiger charge is -2.00. The van der Waals surface area contributed by atoms with E-state index in [0.29, 0.717) is 17.1 Å². The molecule has 0 saturated carbocycles. The Morgan fingerprint density at radius 1 is 1.28 bits per heavy atom. The summed E-state index contributed by atoms with van der Waals surface area (Å²) < 4.78 is 1.72. The quantitative estimate of drug-likeness (QED) is 0.768. The summed E-state index contributed by atoms with van der Waals surface area (Å²) in [5.74, 6) is 0.772. The van der Waals surface area contributed by atoms with Crippen LogP contribution in [0, 0.1) is 0 Å². The van der Waals surface area contributed by atoms with Gasteiger partial charge in [0.15, 0.2) is 11.1 Å². The molecule has 0 amide bonds. The highest BCUT2D eigenvalue weighted by Crippen LogP contribution is 2.17. The summed E-state index contributed by atoms with van der Waals surface area (Å²) in [6.45, 7) is 0. The van der Waals surface area contributed by atoms with E-state index in [1.807, 2.05) is 24.3 Å². The van der Waals surface area contributed by atoms with E-state index in [1.165, 1.54) is 12.1 Å². The predicted molar refractivity (Wildman–Crippen MR) is 70.1 cm³/mol. The van der Waals surface area contributed by atoms with Gasteiger partial charge in [-0.3, -0.25) is 9.89 Å². The molecular weight excluding hydrogens is 250 g/mol. The number of fused-ring (bicyclic) bond motifs is 1. The van der Waals surface area contributed by atoms with E-state index in [0.717, 1.165) is 11.4 Å². The van der Waals surface area contributed by atoms with E-state index < -0.39 is 0 Å². The summed E-state index contributed by atoms with van der Waals surface area (Å²) >= 11 is 6.10. The molecule has 0 aliphatic heterocycles. The molecular formula is C13H10ClN3O. The molecule has 18 heavy (non-hydrogen) atoms. The first-order valence-corrected chi connectivity index (χ1v) is 5.91. The second kappa shape index (κ2) is 4.31. The summed E-state index contributed by atoms with van der Waals surface area (Å²) in [5, 5.41) is 3.82. The number of hydrogen-bond acceptors (Lipinski definition) is 2. The number of rotatable bonds is 2. The predicted octanol–water partition coefficient (Wildman–Crippen LogP) is 2.27. The van der Waals surface area contributed by atoms with Crippen LogP contribution in [0.1, 0.15) is 11.4 Å². The molecule has 0 bridgehead atoms. The van der Waals surface area contributed by atoms with Gasteiger partial charge < -0.3 is 0 Å². The van der Waals surface area contributed by atoms with Crippen molar-refractivity contribution < 1.29 is 0 Å². The van der Waals surface area contributed by atoms with Crippen LogP contribution < -0.4 is 5.43 Å². The SMILES string of the molecule is O=c1ccn2[nH]c(Cc3ccccc3Cl)nc2c1. The molecule has 0 aliphatic carbocycles. The van der Waals surface area contributed by atoms with Crippen LogP contribution in [0.2, 0.25) is 5.02 Å². The van der Waals surface area contributed by atoms with Crippen LogP contribution in [0.15, 0.2) is 47.4 Å². The molecule has 3 rings (SSSR count). The first-order valence-electron chi connectivity index (χ1n) is 5.53. The van der Waals surface area contributed by atoms with Crippen LogP contribution in [0.5, 0.6) is 0 Å². The highest BCUT2D eigenvalue weighted by molar-refractivity contribution is 6.31. The number of hydrogen-bond donors (Lipinski definition) is 1. The van der Waals surface area contributed by atoms with Gasteiger partial charge in [0.2, 0.25) is 0 Å². The standard InChI is InChI=1S/C13H10ClN3O/c14-11-4-2-1-3-9(11)7-12-15-13-8-10(18)5-6-17(13)16-12/h1-6,8H,7H2,(H,15,16). The summed E-state index contributed by atoms with van der Waals surface area (Å²) in [6.07, 6.45) is 2.27. The molecule has 3 aromatic rings. The third kappa shape index (κ3) is 2.02. The smallest absolute Gasteiger partial charge is 0.183 e. The number of pyridine rings is 1. The zero-order chi connectivity index (χ0) is 12.5. The highest BCUT2D eigenvalue weighted by atomic mass is 35.5. The second-order valence-corrected chi connectivity index (χ2v) is 4.44. The monoisotopic (exact) mass is 259 g/mol. The Morgan fingerprint density at radius 3 is 2.94 bits per heavy atom. The average Bonchev–Trinajstić information content (AvgIpc) is 2.73. The summed E-state index contributed by atoms with van der Waals surface area (Å²) in [7, 11) is 0. The van der Waals surface area contributed by atoms with Crippen molar-refractivity contribution in [2.45, 2.75) is 6.42 Å². The highest BCUT2D eigenvalue weighted by Gasteiger charge is 2.05. The zero-order valence-electron chi connectivity index (χ0n) is 9.43. The van der Waals surface area contributed by atoms with Gasteiger partial charge in [-0.2, -0.15) is 0 Å². The third-order valence-electron chi connectivity index (χ3n) is 2.72. The molecule has 2 heterocycles. The van der Waals surface area contributed by atoms with Gasteiger partial charge in [0.05, 0.1) is 0 Å². The number of aromatic nitrogens is 3. The molecule has 0 radical (unpaired) electrons. The first-order chi connectivity index (χ1) is 8.72. The number of nitrogens with zero attached hydrogens (tertiary/aromatic N) is 2. The Bertz CT molecular complexity index is 760. The van der Waals surface area contributed by atoms with Crippen LogP contribution in [-0.2, 0) is 6.42 Å². The Hall–Kier alpha value is -2.07. The topological polar surface area (TPSA) is 50.2 Å². The minimum Gasteiger partial charge on any atom is -0.290 e. The largest absolute Gasteiger partial charge is 0.290 e. The Balaban J connectivity index is 2.01.